The average molecular weight is 440 g/mol. The molecule has 0 aliphatic rings. The number of rotatable bonds is 5. The number of thioether (sulfide) groups is 1. The molecule has 0 radical (unpaired) electrons. The van der Waals surface area contributed by atoms with E-state index in [0.717, 1.165) is 22.9 Å². The van der Waals surface area contributed by atoms with Gasteiger partial charge in [0.1, 0.15) is 10.5 Å². The molecule has 5 nitrogen and oxygen atoms in total. The SMILES string of the molecule is Cc1cc(C)cc(-n2c(SCC(=O)Nc3ccccc3F)nc3ccsc3c2=O)c1. The molecule has 2 aromatic carbocycles. The molecule has 0 aliphatic carbocycles. The van der Waals surface area contributed by atoms with Crippen LogP contribution >= 0.6 is 23.1 Å². The molecular weight excluding hydrogens is 421 g/mol. The summed E-state index contributed by atoms with van der Waals surface area (Å²) >= 11 is 2.48. The second-order valence-electron chi connectivity index (χ2n) is 6.83. The number of hydrogen-bond donors (Lipinski definition) is 1. The number of aryl methyl sites for hydroxylation is 2. The molecule has 0 atom stereocenters. The highest BCUT2D eigenvalue weighted by atomic mass is 32.2. The predicted octanol–water partition coefficient (Wildman–Crippen LogP) is 4.93. The van der Waals surface area contributed by atoms with Gasteiger partial charge in [0.2, 0.25) is 5.91 Å². The van der Waals surface area contributed by atoms with E-state index in [1.807, 2.05) is 37.4 Å². The number of halogens is 1. The number of nitrogens with one attached hydrogen (secondary N) is 1. The van der Waals surface area contributed by atoms with E-state index >= 15 is 0 Å². The maximum Gasteiger partial charge on any atom is 0.276 e. The van der Waals surface area contributed by atoms with Crippen molar-refractivity contribution in [2.24, 2.45) is 0 Å². The molecule has 0 unspecified atom stereocenters. The summed E-state index contributed by atoms with van der Waals surface area (Å²) in [5.74, 6) is -0.890. The molecule has 4 aromatic rings. The van der Waals surface area contributed by atoms with Gasteiger partial charge in [0.25, 0.3) is 5.56 Å². The standard InChI is InChI=1S/C22H18FN3O2S2/c1-13-9-14(2)11-15(10-13)26-21(28)20-18(7-8-29-20)25-22(26)30-12-19(27)24-17-6-4-3-5-16(17)23/h3-11H,12H2,1-2H3,(H,24,27). The quantitative estimate of drug-likeness (QED) is 0.354. The second-order valence-corrected chi connectivity index (χ2v) is 8.69. The summed E-state index contributed by atoms with van der Waals surface area (Å²) in [4.78, 5) is 30.2. The van der Waals surface area contributed by atoms with E-state index in [-0.39, 0.29) is 22.9 Å². The fourth-order valence-electron chi connectivity index (χ4n) is 3.18. The van der Waals surface area contributed by atoms with Crippen LogP contribution in [0.2, 0.25) is 0 Å². The van der Waals surface area contributed by atoms with E-state index in [1.54, 1.807) is 22.8 Å². The van der Waals surface area contributed by atoms with Crippen LogP contribution in [0.4, 0.5) is 10.1 Å². The minimum atomic E-state index is -0.499. The largest absolute Gasteiger partial charge is 0.323 e. The molecule has 4 rings (SSSR count). The first-order chi connectivity index (χ1) is 14.4. The summed E-state index contributed by atoms with van der Waals surface area (Å²) in [6.45, 7) is 3.93. The first-order valence-electron chi connectivity index (χ1n) is 9.18. The summed E-state index contributed by atoms with van der Waals surface area (Å²) in [5, 5.41) is 4.80. The zero-order chi connectivity index (χ0) is 21.3. The molecular formula is C22H18FN3O2S2. The molecule has 0 saturated carbocycles. The lowest BCUT2D eigenvalue weighted by Gasteiger charge is -2.13. The van der Waals surface area contributed by atoms with Gasteiger partial charge in [-0.1, -0.05) is 30.0 Å². The van der Waals surface area contributed by atoms with Gasteiger partial charge in [-0.25, -0.2) is 9.37 Å². The first kappa shape index (κ1) is 20.3. The molecule has 0 bridgehead atoms. The van der Waals surface area contributed by atoms with Gasteiger partial charge in [0.15, 0.2) is 5.16 Å². The number of anilines is 1. The van der Waals surface area contributed by atoms with E-state index in [2.05, 4.69) is 10.3 Å². The van der Waals surface area contributed by atoms with Crippen molar-refractivity contribution in [3.8, 4) is 5.69 Å². The summed E-state index contributed by atoms with van der Waals surface area (Å²) in [7, 11) is 0. The van der Waals surface area contributed by atoms with E-state index in [9.17, 15) is 14.0 Å². The molecule has 8 heteroatoms. The second kappa shape index (κ2) is 8.41. The Labute approximate surface area is 180 Å². The maximum atomic E-state index is 13.8. The highest BCUT2D eigenvalue weighted by Gasteiger charge is 2.16. The summed E-state index contributed by atoms with van der Waals surface area (Å²) in [6, 6.07) is 13.6. The van der Waals surface area contributed by atoms with E-state index in [0.29, 0.717) is 21.1 Å². The Morgan fingerprint density at radius 2 is 1.90 bits per heavy atom. The third-order valence-electron chi connectivity index (χ3n) is 4.39. The van der Waals surface area contributed by atoms with Gasteiger partial charge in [0, 0.05) is 0 Å². The smallest absolute Gasteiger partial charge is 0.276 e. The van der Waals surface area contributed by atoms with Crippen molar-refractivity contribution in [3.05, 3.63) is 81.2 Å². The summed E-state index contributed by atoms with van der Waals surface area (Å²) in [5.41, 5.74) is 3.31. The zero-order valence-corrected chi connectivity index (χ0v) is 17.9. The van der Waals surface area contributed by atoms with Gasteiger partial charge in [-0.3, -0.25) is 14.2 Å². The van der Waals surface area contributed by atoms with Gasteiger partial charge in [-0.15, -0.1) is 11.3 Å². The number of amides is 1. The molecule has 1 amide bonds. The number of carbonyl (C=O) groups is 1. The van der Waals surface area contributed by atoms with Crippen molar-refractivity contribution in [2.75, 3.05) is 11.1 Å². The third-order valence-corrected chi connectivity index (χ3v) is 6.22. The fourth-order valence-corrected chi connectivity index (χ4v) is 4.75. The lowest BCUT2D eigenvalue weighted by atomic mass is 10.1. The molecule has 1 N–H and O–H groups in total. The Morgan fingerprint density at radius 1 is 1.17 bits per heavy atom. The molecule has 0 fully saturated rings. The van der Waals surface area contributed by atoms with Crippen LogP contribution < -0.4 is 10.9 Å². The number of nitrogens with zero attached hydrogens (tertiary/aromatic N) is 2. The summed E-state index contributed by atoms with van der Waals surface area (Å²) < 4.78 is 15.9. The lowest BCUT2D eigenvalue weighted by molar-refractivity contribution is -0.113. The van der Waals surface area contributed by atoms with E-state index in [1.165, 1.54) is 23.5 Å². The molecule has 30 heavy (non-hydrogen) atoms. The number of para-hydroxylation sites is 1. The lowest BCUT2D eigenvalue weighted by Crippen LogP contribution is -2.22. The molecule has 0 spiro atoms. The van der Waals surface area contributed by atoms with Gasteiger partial charge < -0.3 is 5.32 Å². The van der Waals surface area contributed by atoms with Crippen molar-refractivity contribution in [2.45, 2.75) is 19.0 Å². The van der Waals surface area contributed by atoms with E-state index in [4.69, 9.17) is 0 Å². The molecule has 152 valence electrons. The number of carbonyl (C=O) groups excluding carboxylic acids is 1. The Bertz CT molecular complexity index is 1290. The van der Waals surface area contributed by atoms with Crippen molar-refractivity contribution in [1.82, 2.24) is 9.55 Å². The Morgan fingerprint density at radius 3 is 2.63 bits per heavy atom. The highest BCUT2D eigenvalue weighted by Crippen LogP contribution is 2.25. The van der Waals surface area contributed by atoms with Crippen LogP contribution in [-0.2, 0) is 4.79 Å². The van der Waals surface area contributed by atoms with Gasteiger partial charge in [-0.2, -0.15) is 0 Å². The van der Waals surface area contributed by atoms with Crippen LogP contribution in [0.5, 0.6) is 0 Å². The third kappa shape index (κ3) is 4.15. The monoisotopic (exact) mass is 439 g/mol. The number of benzene rings is 2. The van der Waals surface area contributed by atoms with Crippen LogP contribution in [-0.4, -0.2) is 21.2 Å². The number of thiophene rings is 1. The molecule has 2 heterocycles. The number of hydrogen-bond acceptors (Lipinski definition) is 5. The predicted molar refractivity (Wildman–Crippen MR) is 120 cm³/mol. The number of aromatic nitrogens is 2. The molecule has 2 aromatic heterocycles. The van der Waals surface area contributed by atoms with E-state index < -0.39 is 5.82 Å². The summed E-state index contributed by atoms with van der Waals surface area (Å²) in [6.07, 6.45) is 0. The van der Waals surface area contributed by atoms with Crippen molar-refractivity contribution in [1.29, 1.82) is 0 Å². The number of fused-ring (bicyclic) bond motifs is 1. The molecule has 0 aliphatic heterocycles. The fraction of sp³-hybridized carbons (Fsp3) is 0.136. The van der Waals surface area contributed by atoms with Gasteiger partial charge in [0.05, 0.1) is 22.6 Å². The van der Waals surface area contributed by atoms with Crippen LogP contribution in [0.1, 0.15) is 11.1 Å². The normalized spacial score (nSPS) is 11.0. The van der Waals surface area contributed by atoms with Gasteiger partial charge >= 0.3 is 0 Å². The van der Waals surface area contributed by atoms with Gasteiger partial charge in [-0.05, 0) is 60.7 Å². The Hall–Kier alpha value is -2.97. The maximum absolute atomic E-state index is 13.8. The van der Waals surface area contributed by atoms with Crippen LogP contribution in [0.3, 0.4) is 0 Å². The first-order valence-corrected chi connectivity index (χ1v) is 11.0. The molecule has 0 saturated heterocycles. The van der Waals surface area contributed by atoms with Crippen molar-refractivity contribution in [3.63, 3.8) is 0 Å². The van der Waals surface area contributed by atoms with Crippen LogP contribution in [0.25, 0.3) is 15.9 Å². The topological polar surface area (TPSA) is 64.0 Å². The highest BCUT2D eigenvalue weighted by molar-refractivity contribution is 7.99. The Balaban J connectivity index is 1.68. The Kier molecular flexibility index (Phi) is 5.69. The van der Waals surface area contributed by atoms with Crippen molar-refractivity contribution >= 4 is 44.9 Å². The average Bonchev–Trinajstić information content (AvgIpc) is 3.16. The minimum Gasteiger partial charge on any atom is -0.323 e. The van der Waals surface area contributed by atoms with Crippen LogP contribution in [0.15, 0.2) is 63.9 Å². The zero-order valence-electron chi connectivity index (χ0n) is 16.3. The van der Waals surface area contributed by atoms with Crippen molar-refractivity contribution < 1.29 is 9.18 Å². The van der Waals surface area contributed by atoms with Crippen LogP contribution in [0, 0.1) is 19.7 Å². The minimum absolute atomic E-state index is 0.0127.